The van der Waals surface area contributed by atoms with Gasteiger partial charge in [0.25, 0.3) is 5.91 Å². The lowest BCUT2D eigenvalue weighted by molar-refractivity contribution is -0.153. The summed E-state index contributed by atoms with van der Waals surface area (Å²) in [6.45, 7) is 8.16. The zero-order valence-electron chi connectivity index (χ0n) is 20.5. The van der Waals surface area contributed by atoms with Gasteiger partial charge in [-0.15, -0.1) is 11.3 Å². The third kappa shape index (κ3) is 9.10. The summed E-state index contributed by atoms with van der Waals surface area (Å²) < 4.78 is 5.61. The Hall–Kier alpha value is -2.73. The van der Waals surface area contributed by atoms with E-state index in [1.807, 2.05) is 0 Å². The number of ether oxygens (including phenoxy) is 1. The minimum absolute atomic E-state index is 0.00823. The summed E-state index contributed by atoms with van der Waals surface area (Å²) in [7, 11) is 0. The molecule has 12 heteroatoms. The fourth-order valence-corrected chi connectivity index (χ4v) is 4.30. The van der Waals surface area contributed by atoms with Gasteiger partial charge in [-0.05, 0) is 32.3 Å². The number of nitrogens with one attached hydrogen (secondary N) is 3. The van der Waals surface area contributed by atoms with Crippen LogP contribution in [0.2, 0.25) is 0 Å². The molecule has 2 rings (SSSR count). The van der Waals surface area contributed by atoms with Gasteiger partial charge in [0.1, 0.15) is 28.4 Å². The number of esters is 1. The van der Waals surface area contributed by atoms with E-state index in [0.717, 1.165) is 0 Å². The van der Waals surface area contributed by atoms with Gasteiger partial charge in [0.2, 0.25) is 11.8 Å². The van der Waals surface area contributed by atoms with Crippen molar-refractivity contribution in [3.63, 3.8) is 0 Å². The van der Waals surface area contributed by atoms with Crippen LogP contribution in [0.4, 0.5) is 0 Å². The van der Waals surface area contributed by atoms with Gasteiger partial charge >= 0.3 is 5.97 Å². The summed E-state index contributed by atoms with van der Waals surface area (Å²) in [6.07, 6.45) is 2.93. The van der Waals surface area contributed by atoms with E-state index in [-0.39, 0.29) is 35.6 Å². The Kier molecular flexibility index (Phi) is 10.4. The number of thioether (sulfide) groups is 1. The third-order valence-electron chi connectivity index (χ3n) is 5.02. The van der Waals surface area contributed by atoms with E-state index in [4.69, 9.17) is 4.74 Å². The lowest BCUT2D eigenvalue weighted by Crippen LogP contribution is -2.59. The molecular weight excluding hydrogens is 492 g/mol. The predicted octanol–water partition coefficient (Wildman–Crippen LogP) is 1.95. The van der Waals surface area contributed by atoms with Gasteiger partial charge in [0.15, 0.2) is 5.12 Å². The molecule has 1 aliphatic heterocycles. The van der Waals surface area contributed by atoms with Crippen molar-refractivity contribution in [2.24, 2.45) is 5.92 Å². The highest BCUT2D eigenvalue weighted by atomic mass is 32.2. The smallest absolute Gasteiger partial charge is 0.329 e. The molecular formula is C23H32N4O6S2. The molecule has 2 heterocycles. The number of cyclic esters (lactones) is 1. The van der Waals surface area contributed by atoms with Gasteiger partial charge in [-0.3, -0.25) is 19.2 Å². The number of hydrogen-bond acceptors (Lipinski definition) is 9. The number of aromatic nitrogens is 1. The highest BCUT2D eigenvalue weighted by molar-refractivity contribution is 8.13. The lowest BCUT2D eigenvalue weighted by Gasteiger charge is -2.29. The van der Waals surface area contributed by atoms with Crippen LogP contribution in [0.1, 0.15) is 63.0 Å². The van der Waals surface area contributed by atoms with Gasteiger partial charge in [-0.1, -0.05) is 31.7 Å². The number of carbonyl (C=O) groups is 5. The highest BCUT2D eigenvalue weighted by Crippen LogP contribution is 2.15. The number of carbonyl (C=O) groups excluding carboxylic acids is 5. The SMILES string of the molecule is CC(=O)SCCC=CC1CC(=O)NCc2nc(cs2)C(=O)NC(C)(C)C(=O)NC(C(C)C)C(=O)O1. The Balaban J connectivity index is 2.29. The highest BCUT2D eigenvalue weighted by Gasteiger charge is 2.36. The van der Waals surface area contributed by atoms with E-state index in [1.54, 1.807) is 31.4 Å². The number of nitrogens with zero attached hydrogens (tertiary/aromatic N) is 1. The number of allylic oxidation sites excluding steroid dienone is 1. The van der Waals surface area contributed by atoms with E-state index < -0.39 is 35.5 Å². The van der Waals surface area contributed by atoms with Crippen LogP contribution in [0.15, 0.2) is 17.5 Å². The van der Waals surface area contributed by atoms with Crippen LogP contribution >= 0.6 is 23.1 Å². The summed E-state index contributed by atoms with van der Waals surface area (Å²) in [6, 6.07) is -0.996. The maximum atomic E-state index is 13.0. The fraction of sp³-hybridized carbons (Fsp3) is 0.565. The standard InChI is InChI=1S/C23H32N4O6S2/c1-13(2)19-21(31)33-15(8-6-7-9-34-14(3)28)10-17(29)24-11-18-25-16(12-35-18)20(30)27-23(4,5)22(32)26-19/h6,8,12-13,15,19H,7,9-11H2,1-5H3,(H,24,29)(H,26,32)(H,27,30). The molecule has 192 valence electrons. The van der Waals surface area contributed by atoms with Crippen molar-refractivity contribution < 1.29 is 28.7 Å². The van der Waals surface area contributed by atoms with Crippen molar-refractivity contribution in [2.45, 2.75) is 71.7 Å². The number of hydrogen-bond donors (Lipinski definition) is 3. The molecule has 0 saturated carbocycles. The zero-order valence-corrected chi connectivity index (χ0v) is 22.1. The Labute approximate surface area is 213 Å². The molecule has 1 aliphatic rings. The molecule has 2 unspecified atom stereocenters. The first-order valence-electron chi connectivity index (χ1n) is 11.2. The zero-order chi connectivity index (χ0) is 26.2. The van der Waals surface area contributed by atoms with Crippen LogP contribution in [0.3, 0.4) is 0 Å². The third-order valence-corrected chi connectivity index (χ3v) is 6.71. The summed E-state index contributed by atoms with van der Waals surface area (Å²) in [5.74, 6) is -1.91. The lowest BCUT2D eigenvalue weighted by atomic mass is 9.99. The summed E-state index contributed by atoms with van der Waals surface area (Å²) in [5, 5.41) is 10.1. The predicted molar refractivity (Wildman–Crippen MR) is 134 cm³/mol. The molecule has 0 spiro atoms. The van der Waals surface area contributed by atoms with E-state index in [9.17, 15) is 24.0 Å². The largest absolute Gasteiger partial charge is 0.456 e. The average molecular weight is 525 g/mol. The number of rotatable bonds is 5. The van der Waals surface area contributed by atoms with Gasteiger partial charge in [0.05, 0.1) is 13.0 Å². The first kappa shape index (κ1) is 28.5. The topological polar surface area (TPSA) is 144 Å². The van der Waals surface area contributed by atoms with Gasteiger partial charge in [-0.25, -0.2) is 9.78 Å². The molecule has 35 heavy (non-hydrogen) atoms. The van der Waals surface area contributed by atoms with Gasteiger partial charge in [-0.2, -0.15) is 0 Å². The van der Waals surface area contributed by atoms with Gasteiger partial charge in [0, 0.05) is 18.1 Å². The van der Waals surface area contributed by atoms with E-state index >= 15 is 0 Å². The summed E-state index contributed by atoms with van der Waals surface area (Å²) in [5.41, 5.74) is -1.19. The average Bonchev–Trinajstić information content (AvgIpc) is 3.23. The van der Waals surface area contributed by atoms with E-state index in [1.165, 1.54) is 43.9 Å². The van der Waals surface area contributed by atoms with Crippen LogP contribution in [-0.2, 0) is 30.5 Å². The fourth-order valence-electron chi connectivity index (χ4n) is 3.04. The molecule has 1 aromatic rings. The maximum absolute atomic E-state index is 13.0. The molecule has 3 N–H and O–H groups in total. The Bertz CT molecular complexity index is 988. The first-order valence-corrected chi connectivity index (χ1v) is 13.1. The Morgan fingerprint density at radius 2 is 2.03 bits per heavy atom. The van der Waals surface area contributed by atoms with E-state index in [2.05, 4.69) is 20.9 Å². The van der Waals surface area contributed by atoms with Crippen molar-refractivity contribution in [3.05, 3.63) is 28.2 Å². The second-order valence-corrected chi connectivity index (χ2v) is 11.1. The molecule has 10 nitrogen and oxygen atoms in total. The van der Waals surface area contributed by atoms with Crippen molar-refractivity contribution >= 4 is 51.9 Å². The number of fused-ring (bicyclic) bond motifs is 2. The molecule has 2 atom stereocenters. The van der Waals surface area contributed by atoms with Crippen molar-refractivity contribution in [3.8, 4) is 0 Å². The van der Waals surface area contributed by atoms with Gasteiger partial charge < -0.3 is 20.7 Å². The van der Waals surface area contributed by atoms with Crippen molar-refractivity contribution in [2.75, 3.05) is 5.75 Å². The van der Waals surface area contributed by atoms with Crippen LogP contribution < -0.4 is 16.0 Å². The quantitative estimate of drug-likeness (QED) is 0.301. The normalized spacial score (nSPS) is 21.9. The van der Waals surface area contributed by atoms with Crippen LogP contribution in [0.5, 0.6) is 0 Å². The number of thiazole rings is 1. The second-order valence-electron chi connectivity index (χ2n) is 8.91. The molecule has 0 saturated heterocycles. The van der Waals surface area contributed by atoms with Crippen LogP contribution in [-0.4, -0.2) is 57.2 Å². The monoisotopic (exact) mass is 524 g/mol. The van der Waals surface area contributed by atoms with Crippen LogP contribution in [0, 0.1) is 5.92 Å². The minimum Gasteiger partial charge on any atom is -0.456 e. The molecule has 0 aromatic carbocycles. The van der Waals surface area contributed by atoms with E-state index in [0.29, 0.717) is 17.2 Å². The minimum atomic E-state index is -1.33. The molecule has 0 fully saturated rings. The molecule has 0 aliphatic carbocycles. The first-order chi connectivity index (χ1) is 16.4. The molecule has 0 radical (unpaired) electrons. The Morgan fingerprint density at radius 3 is 2.69 bits per heavy atom. The summed E-state index contributed by atoms with van der Waals surface area (Å²) in [4.78, 5) is 66.5. The van der Waals surface area contributed by atoms with Crippen molar-refractivity contribution in [1.82, 2.24) is 20.9 Å². The summed E-state index contributed by atoms with van der Waals surface area (Å²) >= 11 is 2.39. The molecule has 2 bridgehead atoms. The molecule has 1 aromatic heterocycles. The van der Waals surface area contributed by atoms with Crippen molar-refractivity contribution in [1.29, 1.82) is 0 Å². The van der Waals surface area contributed by atoms with Crippen LogP contribution in [0.25, 0.3) is 0 Å². The second kappa shape index (κ2) is 12.8. The Morgan fingerprint density at radius 1 is 1.31 bits per heavy atom. The maximum Gasteiger partial charge on any atom is 0.329 e. The molecule has 3 amide bonds. The number of amides is 3.